The topological polar surface area (TPSA) is 98.7 Å². The van der Waals surface area contributed by atoms with Crippen molar-refractivity contribution >= 4 is 17.3 Å². The van der Waals surface area contributed by atoms with Crippen molar-refractivity contribution in [3.05, 3.63) is 64.3 Å². The van der Waals surface area contributed by atoms with Crippen molar-refractivity contribution in [2.45, 2.75) is 6.92 Å². The molecule has 0 aliphatic carbocycles. The molecule has 3 aromatic rings. The summed E-state index contributed by atoms with van der Waals surface area (Å²) < 4.78 is 10.9. The molecule has 0 bridgehead atoms. The normalized spacial score (nSPS) is 10.5. The van der Waals surface area contributed by atoms with Gasteiger partial charge in [0.15, 0.2) is 11.5 Å². The molecule has 8 nitrogen and oxygen atoms in total. The molecule has 3 rings (SSSR count). The smallest absolute Gasteiger partial charge is 0.361 e. The minimum atomic E-state index is -0.699. The van der Waals surface area contributed by atoms with E-state index in [0.717, 1.165) is 5.69 Å². The highest BCUT2D eigenvalue weighted by atomic mass is 16.6. The van der Waals surface area contributed by atoms with E-state index in [0.29, 0.717) is 5.56 Å². The van der Waals surface area contributed by atoms with Gasteiger partial charge in [-0.3, -0.25) is 10.1 Å². The number of anilines is 1. The lowest BCUT2D eigenvalue weighted by molar-refractivity contribution is -0.384. The van der Waals surface area contributed by atoms with Crippen LogP contribution in [0.15, 0.2) is 52.9 Å². The van der Waals surface area contributed by atoms with Crippen molar-refractivity contribution in [3.8, 4) is 22.8 Å². The van der Waals surface area contributed by atoms with Crippen LogP contribution in [0.3, 0.4) is 0 Å². The van der Waals surface area contributed by atoms with Crippen LogP contribution in [-0.2, 0) is 4.74 Å². The van der Waals surface area contributed by atoms with Gasteiger partial charge in [-0.25, -0.2) is 9.78 Å². The molecule has 0 saturated heterocycles. The number of rotatable bonds is 6. The van der Waals surface area contributed by atoms with Crippen molar-refractivity contribution in [3.63, 3.8) is 0 Å². The van der Waals surface area contributed by atoms with E-state index in [1.54, 1.807) is 31.2 Å². The van der Waals surface area contributed by atoms with E-state index in [2.05, 4.69) is 4.98 Å². The third kappa shape index (κ3) is 3.71. The fourth-order valence-electron chi connectivity index (χ4n) is 2.69. The molecule has 144 valence electrons. The monoisotopic (exact) mass is 381 g/mol. The Kier molecular flexibility index (Phi) is 5.39. The van der Waals surface area contributed by atoms with Gasteiger partial charge in [0.2, 0.25) is 5.89 Å². The molecule has 0 unspecified atom stereocenters. The zero-order valence-electron chi connectivity index (χ0n) is 15.7. The van der Waals surface area contributed by atoms with E-state index in [1.807, 2.05) is 31.1 Å². The number of aromatic nitrogens is 1. The van der Waals surface area contributed by atoms with Gasteiger partial charge in [0.05, 0.1) is 17.1 Å². The number of nitro benzene ring substituents is 1. The fraction of sp³-hybridized carbons (Fsp3) is 0.200. The molecule has 0 radical (unpaired) electrons. The number of carbonyl (C=O) groups is 1. The van der Waals surface area contributed by atoms with Gasteiger partial charge in [-0.15, -0.1) is 0 Å². The average molecular weight is 381 g/mol. The van der Waals surface area contributed by atoms with E-state index >= 15 is 0 Å². The number of ether oxygens (including phenoxy) is 1. The Balaban J connectivity index is 2.14. The number of nitrogens with zero attached hydrogens (tertiary/aromatic N) is 3. The lowest BCUT2D eigenvalue weighted by Gasteiger charge is -2.11. The minimum Gasteiger partial charge on any atom is -0.461 e. The molecule has 0 aliphatic heterocycles. The summed E-state index contributed by atoms with van der Waals surface area (Å²) in [6, 6.07) is 13.4. The maximum absolute atomic E-state index is 12.4. The Morgan fingerprint density at radius 3 is 2.46 bits per heavy atom. The summed E-state index contributed by atoms with van der Waals surface area (Å²) in [6.07, 6.45) is 0. The summed E-state index contributed by atoms with van der Waals surface area (Å²) in [5.74, 6) is -0.505. The molecule has 0 aliphatic rings. The highest BCUT2D eigenvalue weighted by molar-refractivity contribution is 5.95. The second-order valence-electron chi connectivity index (χ2n) is 6.13. The van der Waals surface area contributed by atoms with Gasteiger partial charge in [-0.1, -0.05) is 12.1 Å². The zero-order chi connectivity index (χ0) is 20.3. The highest BCUT2D eigenvalue weighted by Gasteiger charge is 2.28. The molecular formula is C20H19N3O5. The third-order valence-corrected chi connectivity index (χ3v) is 4.07. The largest absolute Gasteiger partial charge is 0.461 e. The van der Waals surface area contributed by atoms with Crippen LogP contribution in [0.2, 0.25) is 0 Å². The molecule has 2 aromatic carbocycles. The number of hydrogen-bond acceptors (Lipinski definition) is 7. The Morgan fingerprint density at radius 1 is 1.18 bits per heavy atom. The predicted molar refractivity (Wildman–Crippen MR) is 104 cm³/mol. The summed E-state index contributed by atoms with van der Waals surface area (Å²) in [7, 11) is 3.84. The average Bonchev–Trinajstić information content (AvgIpc) is 3.13. The first-order valence-electron chi connectivity index (χ1n) is 8.61. The molecule has 8 heteroatoms. The molecule has 1 heterocycles. The van der Waals surface area contributed by atoms with Crippen LogP contribution in [0, 0.1) is 10.1 Å². The number of benzene rings is 2. The van der Waals surface area contributed by atoms with E-state index in [-0.39, 0.29) is 35.2 Å². The molecule has 1 aromatic heterocycles. The molecule has 28 heavy (non-hydrogen) atoms. The van der Waals surface area contributed by atoms with Gasteiger partial charge in [0.25, 0.3) is 5.69 Å². The molecule has 0 N–H and O–H groups in total. The first kappa shape index (κ1) is 19.1. The summed E-state index contributed by atoms with van der Waals surface area (Å²) in [4.78, 5) is 29.5. The predicted octanol–water partition coefficient (Wildman–Crippen LogP) is 4.16. The van der Waals surface area contributed by atoms with Crippen LogP contribution in [0.4, 0.5) is 11.4 Å². The minimum absolute atomic E-state index is 0.0115. The van der Waals surface area contributed by atoms with Crippen molar-refractivity contribution in [1.29, 1.82) is 0 Å². The quantitative estimate of drug-likeness (QED) is 0.359. The van der Waals surface area contributed by atoms with E-state index in [9.17, 15) is 14.9 Å². The number of esters is 1. The second kappa shape index (κ2) is 7.91. The van der Waals surface area contributed by atoms with Crippen molar-refractivity contribution < 1.29 is 18.9 Å². The number of para-hydroxylation sites is 1. The summed E-state index contributed by atoms with van der Waals surface area (Å²) in [6.45, 7) is 1.82. The molecule has 0 atom stereocenters. The van der Waals surface area contributed by atoms with E-state index in [4.69, 9.17) is 9.15 Å². The lowest BCUT2D eigenvalue weighted by Crippen LogP contribution is -2.08. The van der Waals surface area contributed by atoms with Gasteiger partial charge in [0, 0.05) is 31.4 Å². The molecule has 0 fully saturated rings. The number of oxazole rings is 1. The van der Waals surface area contributed by atoms with Crippen LogP contribution < -0.4 is 4.90 Å². The lowest BCUT2D eigenvalue weighted by atomic mass is 10.1. The summed E-state index contributed by atoms with van der Waals surface area (Å²) in [5, 5.41) is 11.4. The Labute approximate surface area is 161 Å². The molecular weight excluding hydrogens is 362 g/mol. The molecule has 0 spiro atoms. The Morgan fingerprint density at radius 2 is 1.86 bits per heavy atom. The van der Waals surface area contributed by atoms with Crippen LogP contribution in [0.5, 0.6) is 0 Å². The van der Waals surface area contributed by atoms with Gasteiger partial charge in [-0.05, 0) is 37.3 Å². The summed E-state index contributed by atoms with van der Waals surface area (Å²) >= 11 is 0. The van der Waals surface area contributed by atoms with Crippen LogP contribution in [0.25, 0.3) is 22.8 Å². The number of nitro groups is 1. The van der Waals surface area contributed by atoms with Gasteiger partial charge in [0.1, 0.15) is 0 Å². The standard InChI is InChI=1S/C20H19N3O5/c1-4-27-20(24)17-18(15-7-5-6-8-16(15)23(25)26)28-19(21-17)13-9-11-14(12-10-13)22(2)3/h5-12H,4H2,1-3H3. The van der Waals surface area contributed by atoms with Gasteiger partial charge in [-0.2, -0.15) is 0 Å². The zero-order valence-corrected chi connectivity index (χ0v) is 15.7. The van der Waals surface area contributed by atoms with Crippen molar-refractivity contribution in [1.82, 2.24) is 4.98 Å². The SMILES string of the molecule is CCOC(=O)c1nc(-c2ccc(N(C)C)cc2)oc1-c1ccccc1[N+](=O)[O-]. The second-order valence-corrected chi connectivity index (χ2v) is 6.13. The number of hydrogen-bond donors (Lipinski definition) is 0. The van der Waals surface area contributed by atoms with Gasteiger partial charge < -0.3 is 14.1 Å². The molecule has 0 saturated carbocycles. The number of carbonyl (C=O) groups excluding carboxylic acids is 1. The first-order chi connectivity index (χ1) is 13.4. The fourth-order valence-corrected chi connectivity index (χ4v) is 2.69. The van der Waals surface area contributed by atoms with Crippen LogP contribution >= 0.6 is 0 Å². The van der Waals surface area contributed by atoms with Gasteiger partial charge >= 0.3 is 5.97 Å². The maximum Gasteiger partial charge on any atom is 0.361 e. The van der Waals surface area contributed by atoms with E-state index in [1.165, 1.54) is 12.1 Å². The van der Waals surface area contributed by atoms with E-state index < -0.39 is 10.9 Å². The third-order valence-electron chi connectivity index (χ3n) is 4.07. The Hall–Kier alpha value is -3.68. The maximum atomic E-state index is 12.4. The van der Waals surface area contributed by atoms with Crippen LogP contribution in [0.1, 0.15) is 17.4 Å². The first-order valence-corrected chi connectivity index (χ1v) is 8.61. The Bertz CT molecular complexity index is 1010. The van der Waals surface area contributed by atoms with Crippen molar-refractivity contribution in [2.75, 3.05) is 25.6 Å². The molecule has 0 amide bonds. The summed E-state index contributed by atoms with van der Waals surface area (Å²) in [5.41, 5.74) is 1.52. The van der Waals surface area contributed by atoms with Crippen LogP contribution in [-0.4, -0.2) is 36.6 Å². The van der Waals surface area contributed by atoms with Crippen molar-refractivity contribution in [2.24, 2.45) is 0 Å². The highest BCUT2D eigenvalue weighted by Crippen LogP contribution is 2.35.